The average molecular weight is 669 g/mol. The number of carbonyl (C=O) groups excluding carboxylic acids is 2. The summed E-state index contributed by atoms with van der Waals surface area (Å²) in [6, 6.07) is 28.7. The van der Waals surface area contributed by atoms with Gasteiger partial charge in [0.2, 0.25) is 11.8 Å². The molecule has 4 aromatic rings. The molecule has 0 heterocycles. The molecule has 1 N–H and O–H groups in total. The van der Waals surface area contributed by atoms with Gasteiger partial charge in [0.15, 0.2) is 0 Å². The molecular formula is C32H31BrClN3O4S. The molecule has 0 radical (unpaired) electrons. The first-order valence-electron chi connectivity index (χ1n) is 13.2. The van der Waals surface area contributed by atoms with E-state index in [2.05, 4.69) is 21.2 Å². The van der Waals surface area contributed by atoms with E-state index in [9.17, 15) is 18.0 Å². The van der Waals surface area contributed by atoms with Crippen LogP contribution in [-0.4, -0.2) is 44.8 Å². The number of aryl methyl sites for hydroxylation is 1. The summed E-state index contributed by atoms with van der Waals surface area (Å²) < 4.78 is 29.8. The number of likely N-dealkylation sites (N-methyl/N-ethyl adjacent to an activating group) is 1. The van der Waals surface area contributed by atoms with Crippen molar-refractivity contribution in [3.8, 4) is 0 Å². The van der Waals surface area contributed by atoms with Gasteiger partial charge in [-0.3, -0.25) is 13.9 Å². The lowest BCUT2D eigenvalue weighted by Gasteiger charge is -2.33. The largest absolute Gasteiger partial charge is 0.357 e. The first-order chi connectivity index (χ1) is 20.1. The van der Waals surface area contributed by atoms with Crippen molar-refractivity contribution in [2.24, 2.45) is 0 Å². The van der Waals surface area contributed by atoms with Gasteiger partial charge in [-0.2, -0.15) is 0 Å². The highest BCUT2D eigenvalue weighted by Gasteiger charge is 2.34. The summed E-state index contributed by atoms with van der Waals surface area (Å²) >= 11 is 9.83. The maximum absolute atomic E-state index is 14.3. The molecule has 0 unspecified atom stereocenters. The van der Waals surface area contributed by atoms with Gasteiger partial charge in [0.25, 0.3) is 10.0 Å². The Morgan fingerprint density at radius 2 is 1.50 bits per heavy atom. The standard InChI is InChI=1S/C32H31BrClN3O4S/c1-23-13-18-27(20-29(23)34)37(42(40,41)28-11-7-4-8-12-28)22-31(38)36(21-25-14-16-26(33)17-15-25)30(32(39)35-2)19-24-9-5-3-6-10-24/h3-18,20,30H,19,21-22H2,1-2H3,(H,35,39)/t30-/m1/s1. The second-order valence-electron chi connectivity index (χ2n) is 9.73. The molecule has 1 atom stereocenters. The summed E-state index contributed by atoms with van der Waals surface area (Å²) in [5.41, 5.74) is 2.65. The molecule has 0 bridgehead atoms. The molecule has 4 rings (SSSR count). The maximum Gasteiger partial charge on any atom is 0.264 e. The van der Waals surface area contributed by atoms with Crippen LogP contribution in [0.2, 0.25) is 5.02 Å². The van der Waals surface area contributed by atoms with Crippen molar-refractivity contribution in [1.82, 2.24) is 10.2 Å². The van der Waals surface area contributed by atoms with Gasteiger partial charge in [0.1, 0.15) is 12.6 Å². The van der Waals surface area contributed by atoms with Gasteiger partial charge >= 0.3 is 0 Å². The molecule has 10 heteroatoms. The van der Waals surface area contributed by atoms with Crippen LogP contribution in [0, 0.1) is 6.92 Å². The zero-order chi connectivity index (χ0) is 30.3. The van der Waals surface area contributed by atoms with E-state index in [1.165, 1.54) is 30.1 Å². The van der Waals surface area contributed by atoms with Crippen molar-refractivity contribution >= 4 is 55.1 Å². The molecule has 4 aromatic carbocycles. The fourth-order valence-electron chi connectivity index (χ4n) is 4.49. The number of nitrogens with one attached hydrogen (secondary N) is 1. The summed E-state index contributed by atoms with van der Waals surface area (Å²) in [5, 5.41) is 3.05. The van der Waals surface area contributed by atoms with Gasteiger partial charge in [-0.25, -0.2) is 8.42 Å². The summed E-state index contributed by atoms with van der Waals surface area (Å²) in [6.45, 7) is 1.35. The van der Waals surface area contributed by atoms with Crippen LogP contribution in [0.15, 0.2) is 112 Å². The van der Waals surface area contributed by atoms with E-state index in [0.717, 1.165) is 25.5 Å². The summed E-state index contributed by atoms with van der Waals surface area (Å²) in [4.78, 5) is 29.1. The van der Waals surface area contributed by atoms with Crippen LogP contribution >= 0.6 is 27.5 Å². The summed E-state index contributed by atoms with van der Waals surface area (Å²) in [5.74, 6) is -0.904. The minimum Gasteiger partial charge on any atom is -0.357 e. The van der Waals surface area contributed by atoms with Crippen LogP contribution in [0.1, 0.15) is 16.7 Å². The van der Waals surface area contributed by atoms with E-state index in [4.69, 9.17) is 11.6 Å². The molecule has 0 aliphatic rings. The monoisotopic (exact) mass is 667 g/mol. The number of anilines is 1. The number of hydrogen-bond donors (Lipinski definition) is 1. The average Bonchev–Trinajstić information content (AvgIpc) is 3.00. The number of sulfonamides is 1. The number of nitrogens with zero attached hydrogens (tertiary/aromatic N) is 2. The minimum absolute atomic E-state index is 0.0288. The lowest BCUT2D eigenvalue weighted by atomic mass is 10.0. The second kappa shape index (κ2) is 14.0. The third-order valence-corrected chi connectivity index (χ3v) is 9.56. The molecule has 0 saturated carbocycles. The highest BCUT2D eigenvalue weighted by molar-refractivity contribution is 9.10. The highest BCUT2D eigenvalue weighted by Crippen LogP contribution is 2.29. The predicted octanol–water partition coefficient (Wildman–Crippen LogP) is 5.99. The molecule has 2 amide bonds. The zero-order valence-electron chi connectivity index (χ0n) is 23.2. The normalized spacial score (nSPS) is 11.9. The molecular weight excluding hydrogens is 638 g/mol. The van der Waals surface area contributed by atoms with E-state index in [1.807, 2.05) is 61.5 Å². The molecule has 7 nitrogen and oxygen atoms in total. The van der Waals surface area contributed by atoms with Crippen molar-refractivity contribution < 1.29 is 18.0 Å². The van der Waals surface area contributed by atoms with Gasteiger partial charge in [-0.1, -0.05) is 94.3 Å². The van der Waals surface area contributed by atoms with Gasteiger partial charge in [0.05, 0.1) is 10.6 Å². The molecule has 42 heavy (non-hydrogen) atoms. The Labute approximate surface area is 260 Å². The minimum atomic E-state index is -4.18. The summed E-state index contributed by atoms with van der Waals surface area (Å²) in [6.07, 6.45) is 0.241. The van der Waals surface area contributed by atoms with Gasteiger partial charge in [0, 0.05) is 29.5 Å². The Kier molecular flexibility index (Phi) is 10.4. The molecule has 0 aliphatic carbocycles. The Hall–Kier alpha value is -3.66. The SMILES string of the molecule is CNC(=O)[C@@H](Cc1ccccc1)N(Cc1ccc(Br)cc1)C(=O)CN(c1ccc(C)c(Cl)c1)S(=O)(=O)c1ccccc1. The Morgan fingerprint density at radius 3 is 2.10 bits per heavy atom. The third kappa shape index (κ3) is 7.59. The second-order valence-corrected chi connectivity index (χ2v) is 12.9. The number of hydrogen-bond acceptors (Lipinski definition) is 4. The Bertz CT molecular complexity index is 1640. The van der Waals surface area contributed by atoms with Gasteiger partial charge in [-0.05, 0) is 60.0 Å². The van der Waals surface area contributed by atoms with E-state index in [-0.39, 0.29) is 29.5 Å². The molecule has 218 valence electrons. The topological polar surface area (TPSA) is 86.8 Å². The smallest absolute Gasteiger partial charge is 0.264 e. The van der Waals surface area contributed by atoms with Crippen molar-refractivity contribution in [2.75, 3.05) is 17.9 Å². The van der Waals surface area contributed by atoms with E-state index < -0.39 is 28.5 Å². The number of amides is 2. The number of benzene rings is 4. The van der Waals surface area contributed by atoms with Crippen molar-refractivity contribution in [1.29, 1.82) is 0 Å². The number of carbonyl (C=O) groups is 2. The molecule has 0 aliphatic heterocycles. The lowest BCUT2D eigenvalue weighted by Crippen LogP contribution is -2.53. The van der Waals surface area contributed by atoms with Gasteiger partial charge < -0.3 is 10.2 Å². The molecule has 0 aromatic heterocycles. The highest BCUT2D eigenvalue weighted by atomic mass is 79.9. The van der Waals surface area contributed by atoms with Crippen molar-refractivity contribution in [2.45, 2.75) is 30.8 Å². The Morgan fingerprint density at radius 1 is 0.881 bits per heavy atom. The Balaban J connectivity index is 1.79. The van der Waals surface area contributed by atoms with Crippen LogP contribution < -0.4 is 9.62 Å². The maximum atomic E-state index is 14.3. The molecule has 0 saturated heterocycles. The van der Waals surface area contributed by atoms with E-state index in [1.54, 1.807) is 30.3 Å². The lowest BCUT2D eigenvalue weighted by molar-refractivity contribution is -0.139. The zero-order valence-corrected chi connectivity index (χ0v) is 26.4. The van der Waals surface area contributed by atoms with Crippen molar-refractivity contribution in [3.05, 3.63) is 129 Å². The molecule has 0 spiro atoms. The third-order valence-electron chi connectivity index (χ3n) is 6.84. The van der Waals surface area contributed by atoms with Crippen LogP contribution in [-0.2, 0) is 32.6 Å². The molecule has 0 fully saturated rings. The number of rotatable bonds is 11. The summed E-state index contributed by atoms with van der Waals surface area (Å²) in [7, 11) is -2.66. The number of halogens is 2. The van der Waals surface area contributed by atoms with Crippen LogP contribution in [0.5, 0.6) is 0 Å². The fourth-order valence-corrected chi connectivity index (χ4v) is 6.36. The van der Waals surface area contributed by atoms with Crippen LogP contribution in [0.4, 0.5) is 5.69 Å². The van der Waals surface area contributed by atoms with Gasteiger partial charge in [-0.15, -0.1) is 0 Å². The van der Waals surface area contributed by atoms with E-state index >= 15 is 0 Å². The first-order valence-corrected chi connectivity index (χ1v) is 15.8. The van der Waals surface area contributed by atoms with Crippen LogP contribution in [0.3, 0.4) is 0 Å². The quantitative estimate of drug-likeness (QED) is 0.213. The predicted molar refractivity (Wildman–Crippen MR) is 170 cm³/mol. The van der Waals surface area contributed by atoms with Crippen LogP contribution in [0.25, 0.3) is 0 Å². The fraction of sp³-hybridized carbons (Fsp3) is 0.188. The van der Waals surface area contributed by atoms with Crippen molar-refractivity contribution in [3.63, 3.8) is 0 Å². The first kappa shape index (κ1) is 31.3. The van der Waals surface area contributed by atoms with E-state index in [0.29, 0.717) is 5.02 Å².